The number of para-hydroxylation sites is 2. The smallest absolute Gasteiger partial charge is 0.264 e. The Labute approximate surface area is 238 Å². The van der Waals surface area contributed by atoms with Crippen molar-refractivity contribution in [1.82, 2.24) is 10.2 Å². The van der Waals surface area contributed by atoms with Gasteiger partial charge in [-0.15, -0.1) is 0 Å². The largest absolute Gasteiger partial charge is 0.495 e. The third-order valence-electron chi connectivity index (χ3n) is 6.38. The van der Waals surface area contributed by atoms with Crippen molar-refractivity contribution in [3.8, 4) is 5.75 Å². The van der Waals surface area contributed by atoms with Gasteiger partial charge in [0.15, 0.2) is 0 Å². The molecule has 0 fully saturated rings. The number of rotatable bonds is 10. The molecule has 0 radical (unpaired) electrons. The van der Waals surface area contributed by atoms with Crippen LogP contribution in [0.2, 0.25) is 0 Å². The average Bonchev–Trinajstić information content (AvgIpc) is 2.90. The number of nitrogens with zero attached hydrogens (tertiary/aromatic N) is 2. The van der Waals surface area contributed by atoms with Crippen LogP contribution in [-0.4, -0.2) is 50.4 Å². The van der Waals surface area contributed by atoms with E-state index in [1.165, 1.54) is 24.1 Å². The molecule has 0 bridgehead atoms. The molecule has 3 aromatic carbocycles. The van der Waals surface area contributed by atoms with E-state index in [1.54, 1.807) is 43.3 Å². The van der Waals surface area contributed by atoms with Crippen LogP contribution in [0.15, 0.2) is 77.7 Å². The maximum atomic E-state index is 14.0. The Hall–Kier alpha value is -3.85. The van der Waals surface area contributed by atoms with Gasteiger partial charge < -0.3 is 15.0 Å². The Kier molecular flexibility index (Phi) is 9.63. The van der Waals surface area contributed by atoms with Gasteiger partial charge in [-0.2, -0.15) is 0 Å². The van der Waals surface area contributed by atoms with Crippen LogP contribution in [0.5, 0.6) is 5.75 Å². The lowest BCUT2D eigenvalue weighted by Crippen LogP contribution is -2.54. The summed E-state index contributed by atoms with van der Waals surface area (Å²) < 4.78 is 34.5. The highest BCUT2D eigenvalue weighted by molar-refractivity contribution is 7.92. The van der Waals surface area contributed by atoms with Crippen LogP contribution in [0.1, 0.15) is 44.4 Å². The highest BCUT2D eigenvalue weighted by Gasteiger charge is 2.34. The predicted octanol–water partition coefficient (Wildman–Crippen LogP) is 4.84. The molecule has 0 aliphatic heterocycles. The van der Waals surface area contributed by atoms with Gasteiger partial charge in [-0.05, 0) is 71.4 Å². The average molecular weight is 566 g/mol. The molecule has 214 valence electrons. The maximum Gasteiger partial charge on any atom is 0.264 e. The lowest BCUT2D eigenvalue weighted by Gasteiger charge is -2.33. The molecule has 0 saturated carbocycles. The minimum absolute atomic E-state index is 0.0421. The fourth-order valence-corrected chi connectivity index (χ4v) is 5.56. The first kappa shape index (κ1) is 30.7. The fourth-order valence-electron chi connectivity index (χ4n) is 4.13. The van der Waals surface area contributed by atoms with E-state index in [0.717, 1.165) is 21.0 Å². The van der Waals surface area contributed by atoms with Crippen molar-refractivity contribution in [2.24, 2.45) is 0 Å². The van der Waals surface area contributed by atoms with Crippen molar-refractivity contribution in [2.75, 3.05) is 18.0 Å². The normalized spacial score (nSPS) is 12.4. The Morgan fingerprint density at radius 1 is 0.900 bits per heavy atom. The zero-order valence-electron chi connectivity index (χ0n) is 24.3. The van der Waals surface area contributed by atoms with E-state index >= 15 is 0 Å². The number of aryl methyl sites for hydroxylation is 2. The van der Waals surface area contributed by atoms with E-state index in [9.17, 15) is 18.0 Å². The number of anilines is 1. The summed E-state index contributed by atoms with van der Waals surface area (Å²) >= 11 is 0. The molecule has 8 nitrogen and oxygen atoms in total. The minimum Gasteiger partial charge on any atom is -0.495 e. The molecule has 3 rings (SSSR count). The van der Waals surface area contributed by atoms with Gasteiger partial charge in [0.05, 0.1) is 17.7 Å². The summed E-state index contributed by atoms with van der Waals surface area (Å²) in [6, 6.07) is 19.9. The molecular weight excluding hydrogens is 526 g/mol. The second-order valence-corrected chi connectivity index (χ2v) is 12.8. The van der Waals surface area contributed by atoms with Gasteiger partial charge in [0.2, 0.25) is 11.8 Å². The third kappa shape index (κ3) is 7.63. The Balaban J connectivity index is 2.07. The van der Waals surface area contributed by atoms with Crippen LogP contribution < -0.4 is 14.4 Å². The number of methoxy groups -OCH3 is 1. The van der Waals surface area contributed by atoms with Crippen LogP contribution in [0, 0.1) is 13.8 Å². The molecule has 2 amide bonds. The number of nitrogens with one attached hydrogen (secondary N) is 1. The number of carbonyl (C=O) groups excluding carboxylic acids is 2. The first-order valence-corrected chi connectivity index (χ1v) is 14.6. The number of hydrogen-bond acceptors (Lipinski definition) is 5. The van der Waals surface area contributed by atoms with Crippen LogP contribution in [0.25, 0.3) is 0 Å². The molecule has 0 heterocycles. The molecule has 0 unspecified atom stereocenters. The van der Waals surface area contributed by atoms with Crippen LogP contribution in [0.3, 0.4) is 0 Å². The first-order valence-electron chi connectivity index (χ1n) is 13.1. The molecular formula is C31H39N3O5S. The van der Waals surface area contributed by atoms with Gasteiger partial charge in [-0.3, -0.25) is 13.9 Å². The molecule has 9 heteroatoms. The lowest BCUT2D eigenvalue weighted by molar-refractivity contribution is -0.140. The molecule has 1 N–H and O–H groups in total. The zero-order chi connectivity index (χ0) is 29.7. The summed E-state index contributed by atoms with van der Waals surface area (Å²) in [7, 11) is -2.74. The van der Waals surface area contributed by atoms with Gasteiger partial charge >= 0.3 is 0 Å². The maximum absolute atomic E-state index is 14.0. The van der Waals surface area contributed by atoms with Crippen LogP contribution in [-0.2, 0) is 26.2 Å². The van der Waals surface area contributed by atoms with Gasteiger partial charge in [-0.25, -0.2) is 8.42 Å². The predicted molar refractivity (Wildman–Crippen MR) is 158 cm³/mol. The lowest BCUT2D eigenvalue weighted by atomic mass is 10.1. The summed E-state index contributed by atoms with van der Waals surface area (Å²) in [5, 5.41) is 2.93. The molecule has 0 spiro atoms. The number of hydrogen-bond donors (Lipinski definition) is 1. The monoisotopic (exact) mass is 565 g/mol. The molecule has 1 atom stereocenters. The fraction of sp³-hybridized carbons (Fsp3) is 0.355. The van der Waals surface area contributed by atoms with E-state index in [2.05, 4.69) is 5.32 Å². The van der Waals surface area contributed by atoms with Gasteiger partial charge in [0.1, 0.15) is 18.3 Å². The quantitative estimate of drug-likeness (QED) is 0.380. The molecule has 0 saturated heterocycles. The van der Waals surface area contributed by atoms with Crippen LogP contribution in [0.4, 0.5) is 5.69 Å². The summed E-state index contributed by atoms with van der Waals surface area (Å²) in [5.41, 5.74) is 2.50. The summed E-state index contributed by atoms with van der Waals surface area (Å²) in [6.07, 6.45) is 0. The van der Waals surface area contributed by atoms with Crippen molar-refractivity contribution < 1.29 is 22.7 Å². The van der Waals surface area contributed by atoms with E-state index in [1.807, 2.05) is 58.9 Å². The Morgan fingerprint density at radius 2 is 1.45 bits per heavy atom. The number of ether oxygens (including phenoxy) is 1. The topological polar surface area (TPSA) is 96.0 Å². The number of carbonyl (C=O) groups is 2. The van der Waals surface area contributed by atoms with Gasteiger partial charge in [-0.1, -0.05) is 59.7 Å². The van der Waals surface area contributed by atoms with Gasteiger partial charge in [0, 0.05) is 12.1 Å². The van der Waals surface area contributed by atoms with Crippen molar-refractivity contribution >= 4 is 27.5 Å². The standard InChI is InChI=1S/C31H39N3O5S/c1-22-12-16-25(17-13-22)20-33(24(3)30(36)32-31(4,5)6)29(35)21-34(27-10-8-9-11-28(27)39-7)40(37,38)26-18-14-23(2)15-19-26/h8-19,24H,20-21H2,1-7H3,(H,32,36)/t24-/m1/s1. The SMILES string of the molecule is COc1ccccc1N(CC(=O)N(Cc1ccc(C)cc1)[C@H](C)C(=O)NC(C)(C)C)S(=O)(=O)c1ccc(C)cc1. The van der Waals surface area contributed by atoms with Crippen molar-refractivity contribution in [3.05, 3.63) is 89.5 Å². The van der Waals surface area contributed by atoms with Crippen molar-refractivity contribution in [1.29, 1.82) is 0 Å². The van der Waals surface area contributed by atoms with Crippen LogP contribution >= 0.6 is 0 Å². The van der Waals surface area contributed by atoms with E-state index in [-0.39, 0.29) is 23.0 Å². The number of benzene rings is 3. The van der Waals surface area contributed by atoms with Gasteiger partial charge in [0.25, 0.3) is 10.0 Å². The Morgan fingerprint density at radius 3 is 2.00 bits per heavy atom. The minimum atomic E-state index is -4.18. The first-order chi connectivity index (χ1) is 18.7. The van der Waals surface area contributed by atoms with E-state index in [4.69, 9.17) is 4.74 Å². The highest BCUT2D eigenvalue weighted by atomic mass is 32.2. The summed E-state index contributed by atoms with van der Waals surface area (Å²) in [4.78, 5) is 28.7. The number of sulfonamides is 1. The zero-order valence-corrected chi connectivity index (χ0v) is 25.1. The molecule has 0 aromatic heterocycles. The third-order valence-corrected chi connectivity index (χ3v) is 8.15. The van der Waals surface area contributed by atoms with E-state index < -0.39 is 34.1 Å². The summed E-state index contributed by atoms with van der Waals surface area (Å²) in [6.45, 7) is 10.7. The second kappa shape index (κ2) is 12.6. The summed E-state index contributed by atoms with van der Waals surface area (Å²) in [5.74, 6) is -0.563. The number of amides is 2. The second-order valence-electron chi connectivity index (χ2n) is 10.9. The molecule has 3 aromatic rings. The molecule has 0 aliphatic carbocycles. The molecule has 40 heavy (non-hydrogen) atoms. The highest BCUT2D eigenvalue weighted by Crippen LogP contribution is 2.32. The van der Waals surface area contributed by atoms with Crippen molar-refractivity contribution in [2.45, 2.75) is 64.6 Å². The van der Waals surface area contributed by atoms with E-state index in [0.29, 0.717) is 5.75 Å². The Bertz CT molecular complexity index is 1430. The molecule has 0 aliphatic rings. The van der Waals surface area contributed by atoms with Crippen molar-refractivity contribution in [3.63, 3.8) is 0 Å².